The average molecular weight is 264 g/mol. The lowest BCUT2D eigenvalue weighted by Crippen LogP contribution is -2.41. The number of ketones is 1. The molecule has 0 radical (unpaired) electrons. The Bertz CT molecular complexity index is 309. The van der Waals surface area contributed by atoms with Gasteiger partial charge in [0, 0.05) is 18.4 Å². The minimum atomic E-state index is 0.101. The molecule has 3 aliphatic rings. The summed E-state index contributed by atoms with van der Waals surface area (Å²) in [5.41, 5.74) is 0.101. The highest BCUT2D eigenvalue weighted by atomic mass is 16.5. The Morgan fingerprint density at radius 3 is 2.21 bits per heavy atom. The number of rotatable bonds is 2. The molecular weight excluding hydrogens is 236 g/mol. The molecule has 19 heavy (non-hydrogen) atoms. The first-order valence-electron chi connectivity index (χ1n) is 8.47. The van der Waals surface area contributed by atoms with E-state index in [-0.39, 0.29) is 5.60 Å². The molecular formula is C17H28O2. The van der Waals surface area contributed by atoms with Gasteiger partial charge in [0.25, 0.3) is 0 Å². The number of ether oxygens (including phenoxy) is 1. The summed E-state index contributed by atoms with van der Waals surface area (Å²) < 4.78 is 6.07. The van der Waals surface area contributed by atoms with Crippen molar-refractivity contribution in [1.29, 1.82) is 0 Å². The van der Waals surface area contributed by atoms with Gasteiger partial charge in [-0.25, -0.2) is 0 Å². The minimum Gasteiger partial charge on any atom is -0.375 e. The van der Waals surface area contributed by atoms with Gasteiger partial charge in [0.2, 0.25) is 0 Å². The zero-order chi connectivity index (χ0) is 13.1. The van der Waals surface area contributed by atoms with E-state index in [1.165, 1.54) is 51.4 Å². The van der Waals surface area contributed by atoms with Crippen molar-refractivity contribution >= 4 is 5.78 Å². The van der Waals surface area contributed by atoms with Crippen molar-refractivity contribution in [3.63, 3.8) is 0 Å². The minimum absolute atomic E-state index is 0.101. The number of carbonyl (C=O) groups excluding carboxylic acids is 1. The molecule has 0 amide bonds. The third kappa shape index (κ3) is 3.04. The van der Waals surface area contributed by atoms with Crippen LogP contribution in [0.15, 0.2) is 0 Å². The molecule has 0 aromatic rings. The summed E-state index contributed by atoms with van der Waals surface area (Å²) in [4.78, 5) is 12.8. The normalized spacial score (nSPS) is 32.3. The summed E-state index contributed by atoms with van der Waals surface area (Å²) in [5.74, 6) is 1.29. The van der Waals surface area contributed by atoms with E-state index in [0.29, 0.717) is 17.6 Å². The van der Waals surface area contributed by atoms with Crippen LogP contribution in [0.4, 0.5) is 0 Å². The fourth-order valence-corrected chi connectivity index (χ4v) is 4.54. The lowest BCUT2D eigenvalue weighted by Gasteiger charge is -2.38. The predicted octanol–water partition coefficient (Wildman–Crippen LogP) is 4.27. The Morgan fingerprint density at radius 1 is 0.842 bits per heavy atom. The quantitative estimate of drug-likeness (QED) is 0.696. The Balaban J connectivity index is 1.62. The second-order valence-electron chi connectivity index (χ2n) is 7.02. The van der Waals surface area contributed by atoms with Gasteiger partial charge in [0.1, 0.15) is 5.78 Å². The lowest BCUT2D eigenvalue weighted by atomic mass is 9.77. The van der Waals surface area contributed by atoms with Crippen molar-refractivity contribution in [1.82, 2.24) is 0 Å². The fraction of sp³-hybridized carbons (Fsp3) is 0.941. The molecule has 0 bridgehead atoms. The first-order valence-corrected chi connectivity index (χ1v) is 8.47. The molecule has 1 atom stereocenters. The third-order valence-corrected chi connectivity index (χ3v) is 5.67. The molecule has 0 N–H and O–H groups in total. The number of hydrogen-bond donors (Lipinski definition) is 0. The van der Waals surface area contributed by atoms with Crippen molar-refractivity contribution in [2.45, 2.75) is 82.7 Å². The highest BCUT2D eigenvalue weighted by Crippen LogP contribution is 2.43. The van der Waals surface area contributed by atoms with E-state index in [1.807, 2.05) is 0 Å². The SMILES string of the molecule is O=C(C1CCCCCC1)C1CCOC2(CCCC2)C1. The molecule has 1 aliphatic heterocycles. The van der Waals surface area contributed by atoms with Crippen molar-refractivity contribution < 1.29 is 9.53 Å². The first-order chi connectivity index (χ1) is 9.29. The molecule has 0 aromatic heterocycles. The van der Waals surface area contributed by atoms with Gasteiger partial charge >= 0.3 is 0 Å². The Kier molecular flexibility index (Phi) is 4.26. The highest BCUT2D eigenvalue weighted by molar-refractivity contribution is 5.83. The maximum absolute atomic E-state index is 12.8. The molecule has 3 fully saturated rings. The monoisotopic (exact) mass is 264 g/mol. The molecule has 2 nitrogen and oxygen atoms in total. The van der Waals surface area contributed by atoms with E-state index >= 15 is 0 Å². The van der Waals surface area contributed by atoms with Crippen LogP contribution in [0.5, 0.6) is 0 Å². The molecule has 1 saturated heterocycles. The number of hydrogen-bond acceptors (Lipinski definition) is 2. The zero-order valence-electron chi connectivity index (χ0n) is 12.2. The second-order valence-corrected chi connectivity index (χ2v) is 7.02. The van der Waals surface area contributed by atoms with E-state index < -0.39 is 0 Å². The lowest BCUT2D eigenvalue weighted by molar-refractivity contribution is -0.140. The van der Waals surface area contributed by atoms with Crippen molar-refractivity contribution in [2.24, 2.45) is 11.8 Å². The summed E-state index contributed by atoms with van der Waals surface area (Å²) in [6.07, 6.45) is 14.5. The van der Waals surface area contributed by atoms with Gasteiger partial charge in [-0.15, -0.1) is 0 Å². The van der Waals surface area contributed by atoms with Crippen molar-refractivity contribution in [2.75, 3.05) is 6.61 Å². The maximum Gasteiger partial charge on any atom is 0.139 e. The van der Waals surface area contributed by atoms with Gasteiger partial charge in [0.15, 0.2) is 0 Å². The maximum atomic E-state index is 12.8. The molecule has 108 valence electrons. The van der Waals surface area contributed by atoms with Gasteiger partial charge < -0.3 is 4.74 Å². The number of carbonyl (C=O) groups is 1. The van der Waals surface area contributed by atoms with Crippen LogP contribution in [0.2, 0.25) is 0 Å². The Morgan fingerprint density at radius 2 is 1.53 bits per heavy atom. The van der Waals surface area contributed by atoms with E-state index in [1.54, 1.807) is 0 Å². The summed E-state index contributed by atoms with van der Waals surface area (Å²) in [6.45, 7) is 0.823. The molecule has 0 aromatic carbocycles. The Hall–Kier alpha value is -0.370. The standard InChI is InChI=1S/C17H28O2/c18-16(14-7-3-1-2-4-8-14)15-9-12-19-17(13-15)10-5-6-11-17/h14-15H,1-13H2. The van der Waals surface area contributed by atoms with Crippen LogP contribution >= 0.6 is 0 Å². The van der Waals surface area contributed by atoms with Crippen LogP contribution in [-0.2, 0) is 9.53 Å². The van der Waals surface area contributed by atoms with E-state index in [2.05, 4.69) is 0 Å². The van der Waals surface area contributed by atoms with Gasteiger partial charge in [0.05, 0.1) is 5.60 Å². The Labute approximate surface area is 117 Å². The van der Waals surface area contributed by atoms with Crippen LogP contribution in [0.25, 0.3) is 0 Å². The molecule has 1 spiro atoms. The van der Waals surface area contributed by atoms with E-state index in [4.69, 9.17) is 4.74 Å². The number of Topliss-reactive ketones (excluding diaryl/α,β-unsaturated/α-hetero) is 1. The van der Waals surface area contributed by atoms with Crippen LogP contribution in [0, 0.1) is 11.8 Å². The second kappa shape index (κ2) is 5.95. The van der Waals surface area contributed by atoms with Crippen molar-refractivity contribution in [3.8, 4) is 0 Å². The van der Waals surface area contributed by atoms with Gasteiger partial charge in [-0.05, 0) is 38.5 Å². The summed E-state index contributed by atoms with van der Waals surface area (Å²) >= 11 is 0. The predicted molar refractivity (Wildman–Crippen MR) is 76.1 cm³/mol. The van der Waals surface area contributed by atoms with Crippen LogP contribution < -0.4 is 0 Å². The highest BCUT2D eigenvalue weighted by Gasteiger charge is 2.42. The smallest absolute Gasteiger partial charge is 0.139 e. The molecule has 1 heterocycles. The van der Waals surface area contributed by atoms with Crippen LogP contribution in [0.1, 0.15) is 77.0 Å². The topological polar surface area (TPSA) is 26.3 Å². The van der Waals surface area contributed by atoms with Gasteiger partial charge in [-0.2, -0.15) is 0 Å². The first kappa shape index (κ1) is 13.6. The van der Waals surface area contributed by atoms with E-state index in [0.717, 1.165) is 32.3 Å². The van der Waals surface area contributed by atoms with E-state index in [9.17, 15) is 4.79 Å². The van der Waals surface area contributed by atoms with Crippen LogP contribution in [0.3, 0.4) is 0 Å². The van der Waals surface area contributed by atoms with Crippen LogP contribution in [-0.4, -0.2) is 18.0 Å². The summed E-state index contributed by atoms with van der Waals surface area (Å²) in [5, 5.41) is 0. The van der Waals surface area contributed by atoms with Crippen molar-refractivity contribution in [3.05, 3.63) is 0 Å². The average Bonchev–Trinajstić information content (AvgIpc) is 2.72. The molecule has 3 rings (SSSR count). The zero-order valence-corrected chi connectivity index (χ0v) is 12.2. The fourth-order valence-electron chi connectivity index (χ4n) is 4.54. The van der Waals surface area contributed by atoms with Gasteiger partial charge in [-0.3, -0.25) is 4.79 Å². The summed E-state index contributed by atoms with van der Waals surface area (Å²) in [7, 11) is 0. The summed E-state index contributed by atoms with van der Waals surface area (Å²) in [6, 6.07) is 0. The largest absolute Gasteiger partial charge is 0.375 e. The third-order valence-electron chi connectivity index (χ3n) is 5.67. The van der Waals surface area contributed by atoms with Gasteiger partial charge in [-0.1, -0.05) is 38.5 Å². The molecule has 2 aliphatic carbocycles. The molecule has 2 saturated carbocycles. The molecule has 1 unspecified atom stereocenters. The molecule has 2 heteroatoms.